The van der Waals surface area contributed by atoms with Crippen molar-refractivity contribution in [2.24, 2.45) is 0 Å². The van der Waals surface area contributed by atoms with Crippen molar-refractivity contribution in [3.05, 3.63) is 48.4 Å². The third-order valence-corrected chi connectivity index (χ3v) is 4.53. The second kappa shape index (κ2) is 5.75. The molecule has 1 aliphatic rings. The SMILES string of the molecule is c1ccc(C2CCCN(c3ncnc4[nH]ncc34)CC2)cc1. The molecule has 0 spiro atoms. The highest BCUT2D eigenvalue weighted by Gasteiger charge is 2.21. The summed E-state index contributed by atoms with van der Waals surface area (Å²) < 4.78 is 0. The van der Waals surface area contributed by atoms with Crippen molar-refractivity contribution in [2.45, 2.75) is 25.2 Å². The number of fused-ring (bicyclic) bond motifs is 1. The van der Waals surface area contributed by atoms with E-state index in [2.05, 4.69) is 55.4 Å². The van der Waals surface area contributed by atoms with Gasteiger partial charge in [0.15, 0.2) is 5.65 Å². The van der Waals surface area contributed by atoms with Crippen LogP contribution in [0, 0.1) is 0 Å². The van der Waals surface area contributed by atoms with Gasteiger partial charge in [-0.25, -0.2) is 9.97 Å². The lowest BCUT2D eigenvalue weighted by Crippen LogP contribution is -2.25. The Morgan fingerprint density at radius 3 is 2.86 bits per heavy atom. The Labute approximate surface area is 129 Å². The summed E-state index contributed by atoms with van der Waals surface area (Å²) in [6, 6.07) is 10.9. The smallest absolute Gasteiger partial charge is 0.160 e. The van der Waals surface area contributed by atoms with E-state index in [0.717, 1.165) is 36.4 Å². The van der Waals surface area contributed by atoms with Gasteiger partial charge in [-0.05, 0) is 30.7 Å². The molecule has 0 aliphatic carbocycles. The Morgan fingerprint density at radius 1 is 1.05 bits per heavy atom. The molecule has 0 bridgehead atoms. The second-order valence-corrected chi connectivity index (χ2v) is 5.86. The van der Waals surface area contributed by atoms with Gasteiger partial charge in [0.1, 0.15) is 12.1 Å². The molecule has 2 aromatic heterocycles. The fourth-order valence-corrected chi connectivity index (χ4v) is 3.37. The monoisotopic (exact) mass is 293 g/mol. The van der Waals surface area contributed by atoms with Crippen molar-refractivity contribution in [3.8, 4) is 0 Å². The van der Waals surface area contributed by atoms with Crippen LogP contribution in [-0.2, 0) is 0 Å². The molecular weight excluding hydrogens is 274 g/mol. The molecule has 5 nitrogen and oxygen atoms in total. The van der Waals surface area contributed by atoms with Crippen LogP contribution in [0.5, 0.6) is 0 Å². The first kappa shape index (κ1) is 13.2. The number of benzene rings is 1. The highest BCUT2D eigenvalue weighted by atomic mass is 15.2. The summed E-state index contributed by atoms with van der Waals surface area (Å²) in [6.45, 7) is 2.07. The number of hydrogen-bond donors (Lipinski definition) is 1. The maximum absolute atomic E-state index is 4.50. The number of aromatic amines is 1. The molecule has 1 N–H and O–H groups in total. The van der Waals surface area contributed by atoms with Gasteiger partial charge >= 0.3 is 0 Å². The van der Waals surface area contributed by atoms with E-state index in [1.54, 1.807) is 6.33 Å². The number of aromatic nitrogens is 4. The van der Waals surface area contributed by atoms with E-state index in [1.807, 2.05) is 6.20 Å². The van der Waals surface area contributed by atoms with Crippen molar-refractivity contribution in [1.82, 2.24) is 20.2 Å². The Kier molecular flexibility index (Phi) is 3.46. The molecule has 4 rings (SSSR count). The molecule has 1 saturated heterocycles. The van der Waals surface area contributed by atoms with Gasteiger partial charge in [0.2, 0.25) is 0 Å². The van der Waals surface area contributed by atoms with Crippen molar-refractivity contribution < 1.29 is 0 Å². The maximum atomic E-state index is 4.50. The maximum Gasteiger partial charge on any atom is 0.160 e. The highest BCUT2D eigenvalue weighted by Crippen LogP contribution is 2.30. The first-order valence-corrected chi connectivity index (χ1v) is 7.86. The minimum atomic E-state index is 0.646. The van der Waals surface area contributed by atoms with Crippen LogP contribution in [0.25, 0.3) is 11.0 Å². The molecule has 0 radical (unpaired) electrons. The van der Waals surface area contributed by atoms with E-state index >= 15 is 0 Å². The number of anilines is 1. The Bertz CT molecular complexity index is 752. The zero-order valence-electron chi connectivity index (χ0n) is 12.4. The summed E-state index contributed by atoms with van der Waals surface area (Å²) >= 11 is 0. The van der Waals surface area contributed by atoms with Gasteiger partial charge < -0.3 is 4.90 Å². The quantitative estimate of drug-likeness (QED) is 0.788. The van der Waals surface area contributed by atoms with E-state index in [0.29, 0.717) is 5.92 Å². The van der Waals surface area contributed by atoms with Crippen LogP contribution >= 0.6 is 0 Å². The van der Waals surface area contributed by atoms with Crippen molar-refractivity contribution in [1.29, 1.82) is 0 Å². The van der Waals surface area contributed by atoms with Gasteiger partial charge in [-0.15, -0.1) is 0 Å². The number of hydrogen-bond acceptors (Lipinski definition) is 4. The standard InChI is InChI=1S/C17H19N5/c1-2-5-13(6-3-1)14-7-4-9-22(10-8-14)17-15-11-20-21-16(15)18-12-19-17/h1-3,5-6,11-12,14H,4,7-10H2,(H,18,19,20,21). The molecule has 1 aliphatic heterocycles. The topological polar surface area (TPSA) is 57.7 Å². The third kappa shape index (κ3) is 2.43. The van der Waals surface area contributed by atoms with Crippen LogP contribution in [0.15, 0.2) is 42.9 Å². The number of nitrogens with zero attached hydrogens (tertiary/aromatic N) is 4. The van der Waals surface area contributed by atoms with Gasteiger partial charge in [-0.1, -0.05) is 30.3 Å². The minimum Gasteiger partial charge on any atom is -0.356 e. The van der Waals surface area contributed by atoms with Gasteiger partial charge in [-0.2, -0.15) is 5.10 Å². The summed E-state index contributed by atoms with van der Waals surface area (Å²) in [5.74, 6) is 1.65. The van der Waals surface area contributed by atoms with E-state index in [9.17, 15) is 0 Å². The minimum absolute atomic E-state index is 0.646. The Hall–Kier alpha value is -2.43. The van der Waals surface area contributed by atoms with Crippen LogP contribution in [0.3, 0.4) is 0 Å². The van der Waals surface area contributed by atoms with Crippen molar-refractivity contribution in [3.63, 3.8) is 0 Å². The van der Waals surface area contributed by atoms with Crippen molar-refractivity contribution >= 4 is 16.9 Å². The molecule has 1 fully saturated rings. The first-order chi connectivity index (χ1) is 10.9. The predicted molar refractivity (Wildman–Crippen MR) is 86.9 cm³/mol. The predicted octanol–water partition coefficient (Wildman–Crippen LogP) is 3.13. The van der Waals surface area contributed by atoms with Gasteiger partial charge in [0.25, 0.3) is 0 Å². The number of H-pyrrole nitrogens is 1. The molecule has 3 heterocycles. The number of nitrogens with one attached hydrogen (secondary N) is 1. The van der Waals surface area contributed by atoms with E-state index in [4.69, 9.17) is 0 Å². The fourth-order valence-electron chi connectivity index (χ4n) is 3.37. The normalized spacial score (nSPS) is 19.3. The molecule has 1 unspecified atom stereocenters. The lowest BCUT2D eigenvalue weighted by atomic mass is 9.92. The first-order valence-electron chi connectivity index (χ1n) is 7.86. The molecule has 3 aromatic rings. The molecule has 0 saturated carbocycles. The molecule has 1 aromatic carbocycles. The van der Waals surface area contributed by atoms with Gasteiger partial charge in [0, 0.05) is 13.1 Å². The average Bonchev–Trinajstić information content (AvgIpc) is 2.92. The highest BCUT2D eigenvalue weighted by molar-refractivity contribution is 5.86. The largest absolute Gasteiger partial charge is 0.356 e. The molecule has 0 amide bonds. The van der Waals surface area contributed by atoms with Crippen LogP contribution in [0.1, 0.15) is 30.7 Å². The fraction of sp³-hybridized carbons (Fsp3) is 0.353. The summed E-state index contributed by atoms with van der Waals surface area (Å²) in [5, 5.41) is 8.02. The van der Waals surface area contributed by atoms with Crippen LogP contribution in [0.4, 0.5) is 5.82 Å². The van der Waals surface area contributed by atoms with Gasteiger partial charge in [0.05, 0.1) is 11.6 Å². The second-order valence-electron chi connectivity index (χ2n) is 5.86. The Morgan fingerprint density at radius 2 is 1.95 bits per heavy atom. The summed E-state index contributed by atoms with van der Waals surface area (Å²) in [4.78, 5) is 11.1. The zero-order valence-corrected chi connectivity index (χ0v) is 12.4. The van der Waals surface area contributed by atoms with Crippen LogP contribution < -0.4 is 4.90 Å². The lowest BCUT2D eigenvalue weighted by Gasteiger charge is -2.22. The molecule has 112 valence electrons. The lowest BCUT2D eigenvalue weighted by molar-refractivity contribution is 0.612. The third-order valence-electron chi connectivity index (χ3n) is 4.53. The summed E-state index contributed by atoms with van der Waals surface area (Å²) in [6.07, 6.45) is 7.02. The average molecular weight is 293 g/mol. The number of rotatable bonds is 2. The van der Waals surface area contributed by atoms with E-state index in [1.165, 1.54) is 18.4 Å². The van der Waals surface area contributed by atoms with Crippen LogP contribution in [0.2, 0.25) is 0 Å². The van der Waals surface area contributed by atoms with Crippen molar-refractivity contribution in [2.75, 3.05) is 18.0 Å². The van der Waals surface area contributed by atoms with E-state index in [-0.39, 0.29) is 0 Å². The summed E-state index contributed by atoms with van der Waals surface area (Å²) in [5.41, 5.74) is 2.27. The summed E-state index contributed by atoms with van der Waals surface area (Å²) in [7, 11) is 0. The molecule has 22 heavy (non-hydrogen) atoms. The zero-order chi connectivity index (χ0) is 14.8. The Balaban J connectivity index is 1.57. The molecule has 5 heteroatoms. The molecular formula is C17H19N5. The van der Waals surface area contributed by atoms with E-state index < -0.39 is 0 Å². The van der Waals surface area contributed by atoms with Crippen LogP contribution in [-0.4, -0.2) is 33.3 Å². The molecule has 1 atom stereocenters. The van der Waals surface area contributed by atoms with Gasteiger partial charge in [-0.3, -0.25) is 5.10 Å².